The number of rotatable bonds is 1. The second-order valence-electron chi connectivity index (χ2n) is 4.74. The molecule has 0 spiro atoms. The number of aryl methyl sites for hydroxylation is 1. The van der Waals surface area contributed by atoms with Gasteiger partial charge in [0.1, 0.15) is 5.58 Å². The summed E-state index contributed by atoms with van der Waals surface area (Å²) in [5, 5.41) is 2.10. The number of hydrogen-bond donors (Lipinski definition) is 1. The van der Waals surface area contributed by atoms with Gasteiger partial charge in [-0.2, -0.15) is 0 Å². The maximum absolute atomic E-state index is 6.21. The third-order valence-electron chi connectivity index (χ3n) is 3.70. The lowest BCUT2D eigenvalue weighted by Crippen LogP contribution is -1.87. The summed E-state index contributed by atoms with van der Waals surface area (Å²) in [5.41, 5.74) is 11.0. The number of nitrogens with two attached hydrogens (primary N) is 1. The van der Waals surface area contributed by atoms with Crippen LogP contribution in [-0.4, -0.2) is 0 Å². The first-order chi connectivity index (χ1) is 8.84. The first-order valence-corrected chi connectivity index (χ1v) is 7.03. The van der Waals surface area contributed by atoms with Gasteiger partial charge in [0.2, 0.25) is 0 Å². The maximum Gasteiger partial charge on any atom is 0.134 e. The van der Waals surface area contributed by atoms with Gasteiger partial charge in [-0.25, -0.2) is 0 Å². The Bertz CT molecular complexity index is 738. The zero-order valence-electron chi connectivity index (χ0n) is 9.90. The minimum atomic E-state index is 0.935. The Morgan fingerprint density at radius 2 is 2.06 bits per heavy atom. The van der Waals surface area contributed by atoms with E-state index in [1.807, 2.05) is 24.5 Å². The Hall–Kier alpha value is -1.74. The maximum atomic E-state index is 6.21. The third-order valence-corrected chi connectivity index (χ3v) is 4.82. The number of furan rings is 1. The van der Waals surface area contributed by atoms with E-state index in [9.17, 15) is 0 Å². The van der Waals surface area contributed by atoms with Crippen LogP contribution in [0.4, 0.5) is 5.00 Å². The summed E-state index contributed by atoms with van der Waals surface area (Å²) in [7, 11) is 0. The van der Waals surface area contributed by atoms with E-state index in [-0.39, 0.29) is 0 Å². The van der Waals surface area contributed by atoms with Crippen molar-refractivity contribution in [2.45, 2.75) is 19.3 Å². The molecule has 0 fully saturated rings. The first kappa shape index (κ1) is 10.2. The van der Waals surface area contributed by atoms with Gasteiger partial charge in [0.25, 0.3) is 0 Å². The first-order valence-electron chi connectivity index (χ1n) is 6.21. The Labute approximate surface area is 109 Å². The van der Waals surface area contributed by atoms with E-state index >= 15 is 0 Å². The standard InChI is InChI=1S/C15H13NOS/c16-15-14(10-5-3-7-13(10)18-15)11-8-17-12-6-2-1-4-9(11)12/h1-2,4,6,8H,3,5,7,16H2. The van der Waals surface area contributed by atoms with Crippen LogP contribution in [0, 0.1) is 0 Å². The fourth-order valence-electron chi connectivity index (χ4n) is 2.89. The van der Waals surface area contributed by atoms with Gasteiger partial charge in [0, 0.05) is 21.4 Å². The Balaban J connectivity index is 2.03. The van der Waals surface area contributed by atoms with Crippen molar-refractivity contribution in [1.29, 1.82) is 0 Å². The van der Waals surface area contributed by atoms with E-state index in [1.54, 1.807) is 11.3 Å². The average Bonchev–Trinajstić information content (AvgIpc) is 3.03. The number of anilines is 1. The molecule has 0 saturated heterocycles. The Kier molecular flexibility index (Phi) is 2.06. The highest BCUT2D eigenvalue weighted by molar-refractivity contribution is 7.16. The number of thiophene rings is 1. The zero-order chi connectivity index (χ0) is 12.1. The van der Waals surface area contributed by atoms with E-state index in [0.717, 1.165) is 28.0 Å². The molecule has 90 valence electrons. The lowest BCUT2D eigenvalue weighted by atomic mass is 10.0. The van der Waals surface area contributed by atoms with Gasteiger partial charge in [-0.1, -0.05) is 18.2 Å². The van der Waals surface area contributed by atoms with Crippen LogP contribution >= 0.6 is 11.3 Å². The molecular formula is C15H13NOS. The quantitative estimate of drug-likeness (QED) is 0.706. The van der Waals surface area contributed by atoms with Gasteiger partial charge in [-0.05, 0) is 30.9 Å². The molecule has 0 bridgehead atoms. The molecule has 0 aliphatic heterocycles. The molecule has 2 N–H and O–H groups in total. The molecule has 0 saturated carbocycles. The monoisotopic (exact) mass is 255 g/mol. The van der Waals surface area contributed by atoms with E-state index in [2.05, 4.69) is 6.07 Å². The summed E-state index contributed by atoms with van der Waals surface area (Å²) >= 11 is 1.75. The van der Waals surface area contributed by atoms with Crippen molar-refractivity contribution in [3.63, 3.8) is 0 Å². The van der Waals surface area contributed by atoms with Gasteiger partial charge < -0.3 is 10.2 Å². The number of benzene rings is 1. The lowest BCUT2D eigenvalue weighted by Gasteiger charge is -2.01. The van der Waals surface area contributed by atoms with Gasteiger partial charge in [-0.15, -0.1) is 11.3 Å². The average molecular weight is 255 g/mol. The summed E-state index contributed by atoms with van der Waals surface area (Å²) in [6.07, 6.45) is 5.43. The molecule has 1 aromatic carbocycles. The molecule has 0 atom stereocenters. The van der Waals surface area contributed by atoms with Crippen LogP contribution in [0.25, 0.3) is 22.1 Å². The summed E-state index contributed by atoms with van der Waals surface area (Å²) in [6, 6.07) is 8.15. The molecule has 0 amide bonds. The van der Waals surface area contributed by atoms with Crippen molar-refractivity contribution < 1.29 is 4.42 Å². The lowest BCUT2D eigenvalue weighted by molar-refractivity contribution is 0.617. The Morgan fingerprint density at radius 1 is 1.17 bits per heavy atom. The van der Waals surface area contributed by atoms with Crippen molar-refractivity contribution in [1.82, 2.24) is 0 Å². The van der Waals surface area contributed by atoms with Gasteiger partial charge in [0.15, 0.2) is 0 Å². The van der Waals surface area contributed by atoms with Gasteiger partial charge >= 0.3 is 0 Å². The van der Waals surface area contributed by atoms with Crippen LogP contribution in [0.3, 0.4) is 0 Å². The predicted molar refractivity (Wildman–Crippen MR) is 76.0 cm³/mol. The summed E-state index contributed by atoms with van der Waals surface area (Å²) < 4.78 is 5.64. The number of fused-ring (bicyclic) bond motifs is 2. The predicted octanol–water partition coefficient (Wildman–Crippen LogP) is 4.23. The molecule has 0 radical (unpaired) electrons. The number of hydrogen-bond acceptors (Lipinski definition) is 3. The van der Waals surface area contributed by atoms with Crippen LogP contribution in [0.5, 0.6) is 0 Å². The molecule has 1 aliphatic rings. The molecule has 2 nitrogen and oxygen atoms in total. The van der Waals surface area contributed by atoms with Gasteiger partial charge in [0.05, 0.1) is 11.3 Å². The van der Waals surface area contributed by atoms with E-state index in [0.29, 0.717) is 0 Å². The smallest absolute Gasteiger partial charge is 0.134 e. The molecule has 0 unspecified atom stereocenters. The van der Waals surface area contributed by atoms with Crippen molar-refractivity contribution >= 4 is 27.3 Å². The van der Waals surface area contributed by atoms with Crippen molar-refractivity contribution in [3.05, 3.63) is 41.0 Å². The van der Waals surface area contributed by atoms with Gasteiger partial charge in [-0.3, -0.25) is 0 Å². The normalized spacial score (nSPS) is 14.2. The van der Waals surface area contributed by atoms with Crippen molar-refractivity contribution in [2.75, 3.05) is 5.73 Å². The molecule has 3 aromatic rings. The fourth-order valence-corrected chi connectivity index (χ4v) is 4.07. The number of nitrogen functional groups attached to an aromatic ring is 1. The topological polar surface area (TPSA) is 39.2 Å². The highest BCUT2D eigenvalue weighted by atomic mass is 32.1. The zero-order valence-corrected chi connectivity index (χ0v) is 10.7. The third kappa shape index (κ3) is 1.28. The van der Waals surface area contributed by atoms with Crippen molar-refractivity contribution in [2.24, 2.45) is 0 Å². The van der Waals surface area contributed by atoms with Crippen LogP contribution < -0.4 is 5.73 Å². The number of para-hydroxylation sites is 1. The molecule has 1 aliphatic carbocycles. The minimum Gasteiger partial charge on any atom is -0.464 e. The van der Waals surface area contributed by atoms with E-state index < -0.39 is 0 Å². The SMILES string of the molecule is Nc1sc2c(c1-c1coc3ccccc13)CCC2. The second-order valence-corrected chi connectivity index (χ2v) is 5.88. The van der Waals surface area contributed by atoms with Crippen LogP contribution in [0.15, 0.2) is 34.9 Å². The Morgan fingerprint density at radius 3 is 3.00 bits per heavy atom. The summed E-state index contributed by atoms with van der Waals surface area (Å²) in [4.78, 5) is 1.47. The molecule has 18 heavy (non-hydrogen) atoms. The van der Waals surface area contributed by atoms with Crippen molar-refractivity contribution in [3.8, 4) is 11.1 Å². The highest BCUT2D eigenvalue weighted by Gasteiger charge is 2.23. The molecule has 4 rings (SSSR count). The summed E-state index contributed by atoms with van der Waals surface area (Å²) in [6.45, 7) is 0. The fraction of sp³-hybridized carbons (Fsp3) is 0.200. The highest BCUT2D eigenvalue weighted by Crippen LogP contribution is 2.45. The summed E-state index contributed by atoms with van der Waals surface area (Å²) in [5.74, 6) is 0. The van der Waals surface area contributed by atoms with Crippen LogP contribution in [-0.2, 0) is 12.8 Å². The molecule has 2 heterocycles. The van der Waals surface area contributed by atoms with E-state index in [4.69, 9.17) is 10.2 Å². The largest absolute Gasteiger partial charge is 0.464 e. The second kappa shape index (κ2) is 3.62. The minimum absolute atomic E-state index is 0.935. The molecule has 2 aromatic heterocycles. The molecular weight excluding hydrogens is 242 g/mol. The van der Waals surface area contributed by atoms with Crippen LogP contribution in [0.1, 0.15) is 16.9 Å². The van der Waals surface area contributed by atoms with E-state index in [1.165, 1.54) is 28.8 Å². The molecule has 3 heteroatoms. The van der Waals surface area contributed by atoms with Crippen LogP contribution in [0.2, 0.25) is 0 Å².